The topological polar surface area (TPSA) is 83.1 Å². The van der Waals surface area contributed by atoms with E-state index in [0.717, 1.165) is 5.56 Å². The highest BCUT2D eigenvalue weighted by Crippen LogP contribution is 2.18. The fraction of sp³-hybridized carbons (Fsp3) is 0.381. The van der Waals surface area contributed by atoms with Crippen LogP contribution in [0.4, 0.5) is 10.1 Å². The Morgan fingerprint density at radius 1 is 1.03 bits per heavy atom. The molecule has 0 spiro atoms. The van der Waals surface area contributed by atoms with Crippen molar-refractivity contribution in [2.75, 3.05) is 18.4 Å². The van der Waals surface area contributed by atoms with E-state index in [4.69, 9.17) is 0 Å². The van der Waals surface area contributed by atoms with E-state index >= 15 is 0 Å². The number of nitrogens with one attached hydrogen (secondary N) is 1. The van der Waals surface area contributed by atoms with Crippen LogP contribution in [-0.2, 0) is 14.8 Å². The van der Waals surface area contributed by atoms with Crippen LogP contribution in [0.5, 0.6) is 0 Å². The van der Waals surface area contributed by atoms with Crippen molar-refractivity contribution in [2.24, 2.45) is 0 Å². The number of carbonyl (C=O) groups excluding carboxylic acids is 1. The van der Waals surface area contributed by atoms with Gasteiger partial charge >= 0.3 is 0 Å². The monoisotopic (exact) mass is 422 g/mol. The molecule has 1 amide bonds. The number of nitrogens with two attached hydrogens (primary N) is 1. The molecule has 0 fully saturated rings. The van der Waals surface area contributed by atoms with Crippen LogP contribution in [-0.4, -0.2) is 37.8 Å². The number of rotatable bonds is 9. The summed E-state index contributed by atoms with van der Waals surface area (Å²) in [5.74, 6) is -0.549. The number of carbonyl (C=O) groups is 1. The van der Waals surface area contributed by atoms with Gasteiger partial charge in [-0.3, -0.25) is 4.79 Å². The average Bonchev–Trinajstić information content (AvgIpc) is 2.70. The summed E-state index contributed by atoms with van der Waals surface area (Å²) in [6.07, 6.45) is 0. The fourth-order valence-corrected chi connectivity index (χ4v) is 4.53. The molecular formula is C21H29FN3O3S+. The first kappa shape index (κ1) is 23.0. The summed E-state index contributed by atoms with van der Waals surface area (Å²) < 4.78 is 39.5. The first-order valence-corrected chi connectivity index (χ1v) is 11.1. The number of sulfonamides is 1. The molecular weight excluding hydrogens is 393 g/mol. The summed E-state index contributed by atoms with van der Waals surface area (Å²) in [5, 5.41) is 4.65. The largest absolute Gasteiger partial charge is 0.330 e. The Labute approximate surface area is 172 Å². The molecule has 0 saturated carbocycles. The molecule has 8 heteroatoms. The number of halogens is 1. The zero-order valence-electron chi connectivity index (χ0n) is 17.2. The van der Waals surface area contributed by atoms with Gasteiger partial charge in [-0.05, 0) is 50.2 Å². The second-order valence-corrected chi connectivity index (χ2v) is 8.86. The highest BCUT2D eigenvalue weighted by atomic mass is 32.2. The molecule has 0 bridgehead atoms. The fourth-order valence-electron chi connectivity index (χ4n) is 3.08. The first-order valence-electron chi connectivity index (χ1n) is 9.70. The third-order valence-electron chi connectivity index (χ3n) is 4.85. The van der Waals surface area contributed by atoms with Crippen molar-refractivity contribution in [2.45, 2.75) is 44.7 Å². The van der Waals surface area contributed by atoms with Crippen molar-refractivity contribution in [1.29, 1.82) is 0 Å². The summed E-state index contributed by atoms with van der Waals surface area (Å²) in [6.45, 7) is 8.21. The van der Waals surface area contributed by atoms with E-state index in [1.54, 1.807) is 31.2 Å². The molecule has 2 aromatic carbocycles. The number of hydrogen-bond donors (Lipinski definition) is 2. The molecule has 0 radical (unpaired) electrons. The lowest BCUT2D eigenvalue weighted by atomic mass is 10.1. The van der Waals surface area contributed by atoms with Gasteiger partial charge in [0.15, 0.2) is 6.04 Å². The Morgan fingerprint density at radius 2 is 1.59 bits per heavy atom. The summed E-state index contributed by atoms with van der Waals surface area (Å²) >= 11 is 0. The summed E-state index contributed by atoms with van der Waals surface area (Å²) in [5.41, 5.74) is 1.46. The molecule has 2 rings (SSSR count). The molecule has 0 aliphatic heterocycles. The van der Waals surface area contributed by atoms with Gasteiger partial charge in [0.25, 0.3) is 5.91 Å². The van der Waals surface area contributed by atoms with Gasteiger partial charge in [-0.15, -0.1) is 0 Å². The van der Waals surface area contributed by atoms with E-state index in [-0.39, 0.29) is 28.7 Å². The maximum Gasteiger partial charge on any atom is 0.282 e. The van der Waals surface area contributed by atoms with Gasteiger partial charge in [0, 0.05) is 24.3 Å². The van der Waals surface area contributed by atoms with Crippen LogP contribution in [0.1, 0.15) is 39.3 Å². The summed E-state index contributed by atoms with van der Waals surface area (Å²) in [6, 6.07) is 12.0. The summed E-state index contributed by atoms with van der Waals surface area (Å²) in [4.78, 5) is 12.6. The van der Waals surface area contributed by atoms with E-state index in [0.29, 0.717) is 18.8 Å². The second-order valence-electron chi connectivity index (χ2n) is 6.92. The maximum atomic E-state index is 13.0. The smallest absolute Gasteiger partial charge is 0.282 e. The van der Waals surface area contributed by atoms with Crippen LogP contribution in [0.25, 0.3) is 0 Å². The minimum Gasteiger partial charge on any atom is -0.330 e. The van der Waals surface area contributed by atoms with Crippen molar-refractivity contribution in [3.05, 3.63) is 59.9 Å². The molecule has 3 N–H and O–H groups in total. The van der Waals surface area contributed by atoms with Crippen molar-refractivity contribution in [3.63, 3.8) is 0 Å². The minimum absolute atomic E-state index is 0.0471. The van der Waals surface area contributed by atoms with Crippen molar-refractivity contribution < 1.29 is 22.9 Å². The highest BCUT2D eigenvalue weighted by molar-refractivity contribution is 7.89. The zero-order valence-corrected chi connectivity index (χ0v) is 18.0. The van der Waals surface area contributed by atoms with Crippen LogP contribution in [0, 0.1) is 5.82 Å². The van der Waals surface area contributed by atoms with Crippen molar-refractivity contribution >= 4 is 21.6 Å². The Morgan fingerprint density at radius 3 is 2.10 bits per heavy atom. The van der Waals surface area contributed by atoms with Gasteiger partial charge in [0.2, 0.25) is 10.0 Å². The predicted molar refractivity (Wildman–Crippen MR) is 111 cm³/mol. The van der Waals surface area contributed by atoms with Gasteiger partial charge in [-0.25, -0.2) is 12.8 Å². The van der Waals surface area contributed by atoms with Crippen molar-refractivity contribution in [1.82, 2.24) is 4.31 Å². The molecule has 0 aliphatic rings. The maximum absolute atomic E-state index is 13.0. The number of quaternary nitrogens is 1. The predicted octanol–water partition coefficient (Wildman–Crippen LogP) is 2.51. The molecule has 0 unspecified atom stereocenters. The molecule has 0 saturated heterocycles. The standard InChI is InChI=1S/C21H28FN3O3S/c1-5-25(6-2)29(27,28)20-13-7-17(8-14-20)15(3)23-16(4)21(26)24-19-11-9-18(22)10-12-19/h7-16,23H,5-6H2,1-4H3,(H,24,26)/p+1/t15-,16+/m0/s1. The van der Waals surface area contributed by atoms with Crippen LogP contribution in [0.15, 0.2) is 53.4 Å². The van der Waals surface area contributed by atoms with Crippen LogP contribution in [0.3, 0.4) is 0 Å². The molecule has 2 aromatic rings. The van der Waals surface area contributed by atoms with Crippen LogP contribution in [0.2, 0.25) is 0 Å². The third-order valence-corrected chi connectivity index (χ3v) is 6.92. The third kappa shape index (κ3) is 5.85. The van der Waals surface area contributed by atoms with E-state index < -0.39 is 10.0 Å². The molecule has 29 heavy (non-hydrogen) atoms. The highest BCUT2D eigenvalue weighted by Gasteiger charge is 2.23. The normalized spacial score (nSPS) is 13.9. The van der Waals surface area contributed by atoms with Crippen molar-refractivity contribution in [3.8, 4) is 0 Å². The quantitative estimate of drug-likeness (QED) is 0.651. The number of anilines is 1. The molecule has 0 aromatic heterocycles. The Bertz CT molecular complexity index is 911. The van der Waals surface area contributed by atoms with Gasteiger partial charge in [0.05, 0.1) is 4.90 Å². The number of hydrogen-bond acceptors (Lipinski definition) is 3. The zero-order chi connectivity index (χ0) is 21.6. The number of nitrogens with zero attached hydrogens (tertiary/aromatic N) is 1. The molecule has 158 valence electrons. The van der Waals surface area contributed by atoms with Crippen LogP contribution >= 0.6 is 0 Å². The van der Waals surface area contributed by atoms with E-state index in [9.17, 15) is 17.6 Å². The SMILES string of the molecule is CCN(CC)S(=O)(=O)c1ccc([C@H](C)[NH2+][C@H](C)C(=O)Nc2ccc(F)cc2)cc1. The number of benzene rings is 2. The second kappa shape index (κ2) is 9.96. The van der Waals surface area contributed by atoms with E-state index in [1.165, 1.54) is 28.6 Å². The summed E-state index contributed by atoms with van der Waals surface area (Å²) in [7, 11) is -3.49. The molecule has 0 heterocycles. The minimum atomic E-state index is -3.49. The van der Waals surface area contributed by atoms with E-state index in [1.807, 2.05) is 26.1 Å². The Kier molecular flexibility index (Phi) is 7.89. The molecule has 6 nitrogen and oxygen atoms in total. The lowest BCUT2D eigenvalue weighted by molar-refractivity contribution is -0.709. The first-order chi connectivity index (χ1) is 13.7. The molecule has 2 atom stereocenters. The lowest BCUT2D eigenvalue weighted by Crippen LogP contribution is -2.91. The van der Waals surface area contributed by atoms with Gasteiger partial charge in [-0.1, -0.05) is 26.0 Å². The Balaban J connectivity index is 2.02. The lowest BCUT2D eigenvalue weighted by Gasteiger charge is -2.19. The van der Waals surface area contributed by atoms with Gasteiger partial charge < -0.3 is 10.6 Å². The van der Waals surface area contributed by atoms with Gasteiger partial charge in [0.1, 0.15) is 11.9 Å². The number of amides is 1. The molecule has 0 aliphatic carbocycles. The van der Waals surface area contributed by atoms with E-state index in [2.05, 4.69) is 5.32 Å². The van der Waals surface area contributed by atoms with Crippen LogP contribution < -0.4 is 10.6 Å². The van der Waals surface area contributed by atoms with Gasteiger partial charge in [-0.2, -0.15) is 4.31 Å². The average molecular weight is 423 g/mol. The Hall–Kier alpha value is -2.29.